The molecule has 0 aliphatic rings. The summed E-state index contributed by atoms with van der Waals surface area (Å²) in [5.74, 6) is -0.816. The van der Waals surface area contributed by atoms with Gasteiger partial charge in [-0.2, -0.15) is 0 Å². The quantitative estimate of drug-likeness (QED) is 0.582. The molecule has 1 rings (SSSR count). The van der Waals surface area contributed by atoms with E-state index in [-0.39, 0.29) is 17.7 Å². The van der Waals surface area contributed by atoms with Gasteiger partial charge >= 0.3 is 5.97 Å². The smallest absolute Gasteiger partial charge is 0.306 e. The van der Waals surface area contributed by atoms with Gasteiger partial charge in [0.1, 0.15) is 0 Å². The molecule has 0 fully saturated rings. The van der Waals surface area contributed by atoms with Gasteiger partial charge in [-0.15, -0.1) is 0 Å². The second-order valence-electron chi connectivity index (χ2n) is 6.51. The molecule has 0 aliphatic carbocycles. The Morgan fingerprint density at radius 1 is 1.12 bits per heavy atom. The number of aliphatic carboxylic acids is 1. The molecule has 24 heavy (non-hydrogen) atoms. The lowest BCUT2D eigenvalue weighted by atomic mass is 9.91. The van der Waals surface area contributed by atoms with E-state index in [1.807, 2.05) is 38.1 Å². The van der Waals surface area contributed by atoms with Gasteiger partial charge in [0.25, 0.3) is 0 Å². The highest BCUT2D eigenvalue weighted by molar-refractivity contribution is 6.30. The zero-order valence-electron chi connectivity index (χ0n) is 14.6. The van der Waals surface area contributed by atoms with Crippen molar-refractivity contribution >= 4 is 23.5 Å². The van der Waals surface area contributed by atoms with Crippen molar-refractivity contribution in [2.75, 3.05) is 6.54 Å². The van der Waals surface area contributed by atoms with Crippen LogP contribution in [0.1, 0.15) is 51.5 Å². The molecule has 0 saturated heterocycles. The predicted octanol–water partition coefficient (Wildman–Crippen LogP) is 4.31. The van der Waals surface area contributed by atoms with Crippen LogP contribution >= 0.6 is 11.6 Å². The molecule has 2 N–H and O–H groups in total. The largest absolute Gasteiger partial charge is 0.481 e. The topological polar surface area (TPSA) is 66.4 Å². The number of rotatable bonds is 11. The molecule has 0 aromatic heterocycles. The van der Waals surface area contributed by atoms with Crippen molar-refractivity contribution in [1.29, 1.82) is 0 Å². The minimum absolute atomic E-state index is 0.0580. The SMILES string of the molecule is CC(C)C(CCCCNC(=O)CCCc1ccc(Cl)cc1)C(=O)O. The van der Waals surface area contributed by atoms with Gasteiger partial charge in [0.05, 0.1) is 5.92 Å². The fraction of sp³-hybridized carbons (Fsp3) is 0.579. The number of hydrogen-bond acceptors (Lipinski definition) is 2. The number of unbranched alkanes of at least 4 members (excludes halogenated alkanes) is 1. The van der Waals surface area contributed by atoms with Gasteiger partial charge in [0.15, 0.2) is 0 Å². The number of halogens is 1. The lowest BCUT2D eigenvalue weighted by molar-refractivity contribution is -0.143. The van der Waals surface area contributed by atoms with Crippen LogP contribution < -0.4 is 5.32 Å². The Hall–Kier alpha value is -1.55. The molecule has 1 amide bonds. The number of hydrogen-bond donors (Lipinski definition) is 2. The first-order valence-electron chi connectivity index (χ1n) is 8.64. The average Bonchev–Trinajstić information content (AvgIpc) is 2.52. The summed E-state index contributed by atoms with van der Waals surface area (Å²) in [4.78, 5) is 22.9. The number of amides is 1. The highest BCUT2D eigenvalue weighted by Gasteiger charge is 2.20. The summed E-state index contributed by atoms with van der Waals surface area (Å²) in [6, 6.07) is 7.68. The Balaban J connectivity index is 2.09. The van der Waals surface area contributed by atoms with Crippen LogP contribution in [0.4, 0.5) is 0 Å². The van der Waals surface area contributed by atoms with E-state index in [0.29, 0.717) is 19.4 Å². The fourth-order valence-electron chi connectivity index (χ4n) is 2.65. The average molecular weight is 354 g/mol. The zero-order chi connectivity index (χ0) is 17.9. The van der Waals surface area contributed by atoms with Crippen molar-refractivity contribution in [2.45, 2.75) is 52.4 Å². The summed E-state index contributed by atoms with van der Waals surface area (Å²) >= 11 is 5.84. The van der Waals surface area contributed by atoms with E-state index in [2.05, 4.69) is 5.32 Å². The zero-order valence-corrected chi connectivity index (χ0v) is 15.3. The number of carboxylic acid groups (broad SMARTS) is 1. The minimum atomic E-state index is -0.726. The summed E-state index contributed by atoms with van der Waals surface area (Å²) < 4.78 is 0. The van der Waals surface area contributed by atoms with Crippen molar-refractivity contribution in [3.63, 3.8) is 0 Å². The molecule has 0 radical (unpaired) electrons. The van der Waals surface area contributed by atoms with Gasteiger partial charge in [0.2, 0.25) is 5.91 Å². The van der Waals surface area contributed by atoms with E-state index >= 15 is 0 Å². The first kappa shape index (κ1) is 20.5. The standard InChI is InChI=1S/C19H28ClNO3/c1-14(2)17(19(23)24)7-3-4-13-21-18(22)8-5-6-15-9-11-16(20)12-10-15/h9-12,14,17H,3-8,13H2,1-2H3,(H,21,22)(H,23,24). The van der Waals surface area contributed by atoms with Crippen molar-refractivity contribution < 1.29 is 14.7 Å². The molecular formula is C19H28ClNO3. The molecule has 0 saturated carbocycles. The third-order valence-electron chi connectivity index (χ3n) is 4.17. The maximum atomic E-state index is 11.8. The van der Waals surface area contributed by atoms with Crippen molar-refractivity contribution in [2.24, 2.45) is 11.8 Å². The number of carboxylic acids is 1. The van der Waals surface area contributed by atoms with Gasteiger partial charge in [-0.1, -0.05) is 44.0 Å². The van der Waals surface area contributed by atoms with Gasteiger partial charge in [0, 0.05) is 18.0 Å². The second kappa shape index (κ2) is 11.1. The van der Waals surface area contributed by atoms with E-state index in [1.165, 1.54) is 5.56 Å². The number of carbonyl (C=O) groups is 2. The molecule has 4 nitrogen and oxygen atoms in total. The second-order valence-corrected chi connectivity index (χ2v) is 6.95. The monoisotopic (exact) mass is 353 g/mol. The molecule has 1 atom stereocenters. The Bertz CT molecular complexity index is 514. The third kappa shape index (κ3) is 8.34. The minimum Gasteiger partial charge on any atom is -0.481 e. The number of carbonyl (C=O) groups excluding carboxylic acids is 1. The molecule has 134 valence electrons. The van der Waals surface area contributed by atoms with E-state index < -0.39 is 5.97 Å². The number of benzene rings is 1. The summed E-state index contributed by atoms with van der Waals surface area (Å²) in [6.07, 6.45) is 4.48. The maximum Gasteiger partial charge on any atom is 0.306 e. The third-order valence-corrected chi connectivity index (χ3v) is 4.42. The fourth-order valence-corrected chi connectivity index (χ4v) is 2.78. The lowest BCUT2D eigenvalue weighted by Crippen LogP contribution is -2.25. The predicted molar refractivity (Wildman–Crippen MR) is 97.2 cm³/mol. The molecule has 1 aromatic carbocycles. The summed E-state index contributed by atoms with van der Waals surface area (Å²) in [5.41, 5.74) is 1.18. The van der Waals surface area contributed by atoms with Gasteiger partial charge < -0.3 is 10.4 Å². The Labute approximate surface area is 149 Å². The molecule has 0 bridgehead atoms. The van der Waals surface area contributed by atoms with Crippen LogP contribution in [-0.2, 0) is 16.0 Å². The van der Waals surface area contributed by atoms with Crippen molar-refractivity contribution in [3.8, 4) is 0 Å². The van der Waals surface area contributed by atoms with Crippen LogP contribution in [0.5, 0.6) is 0 Å². The molecule has 1 aromatic rings. The Morgan fingerprint density at radius 2 is 1.79 bits per heavy atom. The molecule has 0 spiro atoms. The summed E-state index contributed by atoms with van der Waals surface area (Å²) in [6.45, 7) is 4.48. The highest BCUT2D eigenvalue weighted by atomic mass is 35.5. The molecule has 1 unspecified atom stereocenters. The van der Waals surface area contributed by atoms with E-state index in [9.17, 15) is 9.59 Å². The molecule has 0 aliphatic heterocycles. The van der Waals surface area contributed by atoms with Crippen molar-refractivity contribution in [1.82, 2.24) is 5.32 Å². The normalized spacial score (nSPS) is 12.2. The van der Waals surface area contributed by atoms with Crippen LogP contribution in [0.2, 0.25) is 5.02 Å². The molecule has 0 heterocycles. The van der Waals surface area contributed by atoms with Gasteiger partial charge in [-0.05, 0) is 49.3 Å². The highest BCUT2D eigenvalue weighted by Crippen LogP contribution is 2.18. The first-order valence-corrected chi connectivity index (χ1v) is 9.02. The van der Waals surface area contributed by atoms with Crippen LogP contribution in [-0.4, -0.2) is 23.5 Å². The summed E-state index contributed by atoms with van der Waals surface area (Å²) in [7, 11) is 0. The van der Waals surface area contributed by atoms with Crippen LogP contribution in [0.25, 0.3) is 0 Å². The van der Waals surface area contributed by atoms with E-state index in [4.69, 9.17) is 16.7 Å². The number of nitrogens with one attached hydrogen (secondary N) is 1. The van der Waals surface area contributed by atoms with Gasteiger partial charge in [-0.25, -0.2) is 0 Å². The van der Waals surface area contributed by atoms with Crippen LogP contribution in [0, 0.1) is 11.8 Å². The number of aryl methyl sites for hydroxylation is 1. The maximum absolute atomic E-state index is 11.8. The Kier molecular flexibility index (Phi) is 9.46. The first-order chi connectivity index (χ1) is 11.4. The molecular weight excluding hydrogens is 326 g/mol. The molecule has 5 heteroatoms. The lowest BCUT2D eigenvalue weighted by Gasteiger charge is -2.15. The van der Waals surface area contributed by atoms with Gasteiger partial charge in [-0.3, -0.25) is 9.59 Å². The van der Waals surface area contributed by atoms with E-state index in [1.54, 1.807) is 0 Å². The van der Waals surface area contributed by atoms with Crippen LogP contribution in [0.15, 0.2) is 24.3 Å². The van der Waals surface area contributed by atoms with E-state index in [0.717, 1.165) is 30.7 Å². The summed E-state index contributed by atoms with van der Waals surface area (Å²) in [5, 5.41) is 12.7. The van der Waals surface area contributed by atoms with Crippen molar-refractivity contribution in [3.05, 3.63) is 34.9 Å². The Morgan fingerprint density at radius 3 is 2.38 bits per heavy atom. The van der Waals surface area contributed by atoms with Crippen LogP contribution in [0.3, 0.4) is 0 Å².